The zero-order valence-corrected chi connectivity index (χ0v) is 31.5. The molecule has 2 heterocycles. The van der Waals surface area contributed by atoms with Crippen molar-refractivity contribution in [1.82, 2.24) is 0 Å². The summed E-state index contributed by atoms with van der Waals surface area (Å²) in [5, 5.41) is 0. The number of benzene rings is 4. The molecule has 6 nitrogen and oxygen atoms in total. The van der Waals surface area contributed by atoms with Crippen LogP contribution in [0.1, 0.15) is 123 Å². The van der Waals surface area contributed by atoms with Crippen molar-refractivity contribution < 1.29 is 28.5 Å². The molecule has 0 spiro atoms. The Morgan fingerprint density at radius 2 is 1.00 bits per heavy atom. The molecule has 6 rings (SSSR count). The molecule has 6 heteroatoms. The maximum absolute atomic E-state index is 13.6. The summed E-state index contributed by atoms with van der Waals surface area (Å²) in [6.07, 6.45) is 9.93. The van der Waals surface area contributed by atoms with Crippen molar-refractivity contribution in [1.29, 1.82) is 0 Å². The monoisotopic (exact) mass is 700 g/mol. The van der Waals surface area contributed by atoms with Crippen LogP contribution in [0.15, 0.2) is 84.9 Å². The molecular formula is C46H52O6. The predicted octanol–water partition coefficient (Wildman–Crippen LogP) is 10.9. The van der Waals surface area contributed by atoms with Gasteiger partial charge in [0.25, 0.3) is 0 Å². The minimum atomic E-state index is -0.635. The number of ether oxygens (including phenoxy) is 4. The van der Waals surface area contributed by atoms with Gasteiger partial charge >= 0.3 is 0 Å². The lowest BCUT2D eigenvalue weighted by atomic mass is 9.88. The highest BCUT2D eigenvalue weighted by molar-refractivity contribution is 6.06. The van der Waals surface area contributed by atoms with E-state index in [1.165, 1.54) is 11.1 Å². The van der Waals surface area contributed by atoms with E-state index in [1.54, 1.807) is 0 Å². The van der Waals surface area contributed by atoms with Gasteiger partial charge in [-0.15, -0.1) is 0 Å². The van der Waals surface area contributed by atoms with Gasteiger partial charge in [-0.05, 0) is 114 Å². The Hall–Kier alpha value is -4.84. The van der Waals surface area contributed by atoms with Crippen molar-refractivity contribution in [2.24, 2.45) is 0 Å². The molecule has 0 amide bonds. The largest absolute Gasteiger partial charge is 0.491 e. The fourth-order valence-electron chi connectivity index (χ4n) is 7.23. The Morgan fingerprint density at radius 3 is 1.38 bits per heavy atom. The molecule has 0 radical (unpaired) electrons. The summed E-state index contributed by atoms with van der Waals surface area (Å²) in [6.45, 7) is 11.9. The first-order chi connectivity index (χ1) is 24.8. The summed E-state index contributed by atoms with van der Waals surface area (Å²) >= 11 is 0. The second kappa shape index (κ2) is 15.8. The van der Waals surface area contributed by atoms with E-state index in [0.29, 0.717) is 45.3 Å². The van der Waals surface area contributed by atoms with Crippen molar-refractivity contribution in [2.75, 3.05) is 0 Å². The predicted molar refractivity (Wildman–Crippen MR) is 208 cm³/mol. The van der Waals surface area contributed by atoms with Gasteiger partial charge < -0.3 is 18.9 Å². The number of carbonyl (C=O) groups excluding carboxylic acids is 2. The second-order valence-corrected chi connectivity index (χ2v) is 15.6. The third kappa shape index (κ3) is 9.52. The number of aryl methyl sites for hydroxylation is 2. The molecule has 52 heavy (non-hydrogen) atoms. The Kier molecular flexibility index (Phi) is 11.2. The summed E-state index contributed by atoms with van der Waals surface area (Å²) < 4.78 is 25.6. The lowest BCUT2D eigenvalue weighted by Crippen LogP contribution is -2.36. The van der Waals surface area contributed by atoms with Crippen molar-refractivity contribution in [2.45, 2.75) is 116 Å². The fourth-order valence-corrected chi connectivity index (χ4v) is 7.23. The Morgan fingerprint density at radius 1 is 0.615 bits per heavy atom. The SMILES string of the molecule is CC(CCCc1ccccc1)Oc1cc(/C=C/c2cc(OC(C)CCCc3ccccc3)cc3c2C(=O)CC(C)(C)O3)c2c(c1)OC(C)(C)CC2=O. The smallest absolute Gasteiger partial charge is 0.171 e. The molecule has 2 unspecified atom stereocenters. The maximum atomic E-state index is 13.6. The number of hydrogen-bond donors (Lipinski definition) is 0. The molecule has 2 aliphatic rings. The van der Waals surface area contributed by atoms with Crippen LogP contribution in [0.25, 0.3) is 12.2 Å². The second-order valence-electron chi connectivity index (χ2n) is 15.6. The van der Waals surface area contributed by atoms with Gasteiger partial charge in [0.05, 0.1) is 36.2 Å². The summed E-state index contributed by atoms with van der Waals surface area (Å²) in [4.78, 5) is 27.2. The number of ketones is 2. The average molecular weight is 701 g/mol. The summed E-state index contributed by atoms with van der Waals surface area (Å²) in [5.74, 6) is 2.33. The normalized spacial score (nSPS) is 17.0. The van der Waals surface area contributed by atoms with Gasteiger partial charge in [0.15, 0.2) is 11.6 Å². The van der Waals surface area contributed by atoms with E-state index in [0.717, 1.165) is 38.5 Å². The molecule has 0 aromatic heterocycles. The van der Waals surface area contributed by atoms with Crippen LogP contribution in [0.5, 0.6) is 23.0 Å². The molecular weight excluding hydrogens is 649 g/mol. The molecule has 2 atom stereocenters. The van der Waals surface area contributed by atoms with Crippen LogP contribution in [0, 0.1) is 0 Å². The molecule has 4 aromatic carbocycles. The van der Waals surface area contributed by atoms with Crippen LogP contribution in [-0.4, -0.2) is 35.0 Å². The van der Waals surface area contributed by atoms with Crippen molar-refractivity contribution >= 4 is 23.7 Å². The molecule has 0 fully saturated rings. The summed E-state index contributed by atoms with van der Waals surface area (Å²) in [5.41, 5.74) is 3.77. The minimum Gasteiger partial charge on any atom is -0.491 e. The molecule has 4 aromatic rings. The minimum absolute atomic E-state index is 0.0120. The third-order valence-electron chi connectivity index (χ3n) is 9.67. The van der Waals surface area contributed by atoms with E-state index in [2.05, 4.69) is 62.4 Å². The van der Waals surface area contributed by atoms with E-state index in [1.807, 2.05) is 76.2 Å². The molecule has 0 N–H and O–H groups in total. The fraction of sp³-hybridized carbons (Fsp3) is 0.391. The van der Waals surface area contributed by atoms with Gasteiger partial charge in [-0.2, -0.15) is 0 Å². The van der Waals surface area contributed by atoms with Crippen LogP contribution in [-0.2, 0) is 12.8 Å². The first-order valence-corrected chi connectivity index (χ1v) is 18.7. The molecule has 272 valence electrons. The van der Waals surface area contributed by atoms with Gasteiger partial charge in [-0.3, -0.25) is 9.59 Å². The summed E-state index contributed by atoms with van der Waals surface area (Å²) in [6, 6.07) is 28.4. The molecule has 0 bridgehead atoms. The third-order valence-corrected chi connectivity index (χ3v) is 9.67. The number of rotatable bonds is 14. The van der Waals surface area contributed by atoms with Crippen LogP contribution in [0.4, 0.5) is 0 Å². The van der Waals surface area contributed by atoms with E-state index in [4.69, 9.17) is 18.9 Å². The van der Waals surface area contributed by atoms with Crippen LogP contribution < -0.4 is 18.9 Å². The van der Waals surface area contributed by atoms with Gasteiger partial charge in [-0.25, -0.2) is 0 Å². The zero-order chi connectivity index (χ0) is 36.9. The first kappa shape index (κ1) is 36.9. The quantitative estimate of drug-likeness (QED) is 0.122. The lowest BCUT2D eigenvalue weighted by Gasteiger charge is -2.33. The Bertz CT molecular complexity index is 1770. The lowest BCUT2D eigenvalue weighted by molar-refractivity contribution is 0.0603. The number of Topliss-reactive ketones (excluding diaryl/α,β-unsaturated/α-hetero) is 2. The van der Waals surface area contributed by atoms with E-state index >= 15 is 0 Å². The Labute approximate surface area is 309 Å². The number of hydrogen-bond acceptors (Lipinski definition) is 6. The van der Waals surface area contributed by atoms with E-state index in [-0.39, 0.29) is 36.6 Å². The number of fused-ring (bicyclic) bond motifs is 2. The van der Waals surface area contributed by atoms with E-state index in [9.17, 15) is 9.59 Å². The number of carbonyl (C=O) groups is 2. The molecule has 0 aliphatic carbocycles. The average Bonchev–Trinajstić information content (AvgIpc) is 3.06. The molecule has 0 saturated heterocycles. The molecule has 2 aliphatic heterocycles. The van der Waals surface area contributed by atoms with Crippen molar-refractivity contribution in [3.05, 3.63) is 118 Å². The van der Waals surface area contributed by atoms with Crippen molar-refractivity contribution in [3.8, 4) is 23.0 Å². The van der Waals surface area contributed by atoms with Crippen LogP contribution >= 0.6 is 0 Å². The van der Waals surface area contributed by atoms with E-state index < -0.39 is 11.2 Å². The maximum Gasteiger partial charge on any atom is 0.171 e. The van der Waals surface area contributed by atoms with Gasteiger partial charge in [-0.1, -0.05) is 72.8 Å². The van der Waals surface area contributed by atoms with Crippen molar-refractivity contribution in [3.63, 3.8) is 0 Å². The summed E-state index contributed by atoms with van der Waals surface area (Å²) in [7, 11) is 0. The highest BCUT2D eigenvalue weighted by Gasteiger charge is 2.36. The van der Waals surface area contributed by atoms with Gasteiger partial charge in [0.2, 0.25) is 0 Å². The highest BCUT2D eigenvalue weighted by Crippen LogP contribution is 2.42. The molecule has 0 saturated carbocycles. The van der Waals surface area contributed by atoms with Crippen LogP contribution in [0.2, 0.25) is 0 Å². The standard InChI is InChI=1S/C46H52O6/c1-31(15-13-21-33-17-9-7-10-18-33)49-37-25-35(43-39(47)29-45(3,4)51-41(43)27-37)23-24-36-26-38(28-42-44(36)40(48)30-46(5,6)52-42)50-32(2)16-14-22-34-19-11-8-12-20-34/h7-12,17-20,23-28,31-32H,13-16,21-22,29-30H2,1-6H3/b24-23+. The highest BCUT2D eigenvalue weighted by atomic mass is 16.5. The van der Waals surface area contributed by atoms with Crippen LogP contribution in [0.3, 0.4) is 0 Å². The Balaban J connectivity index is 1.27. The van der Waals surface area contributed by atoms with Gasteiger partial charge in [0, 0.05) is 12.1 Å². The topological polar surface area (TPSA) is 71.1 Å². The van der Waals surface area contributed by atoms with Gasteiger partial charge in [0.1, 0.15) is 34.2 Å². The first-order valence-electron chi connectivity index (χ1n) is 18.7. The zero-order valence-electron chi connectivity index (χ0n) is 31.5.